The molecule has 1 aliphatic rings. The van der Waals surface area contributed by atoms with Gasteiger partial charge < -0.3 is 10.2 Å². The second-order valence-electron chi connectivity index (χ2n) is 10.4. The Morgan fingerprint density at radius 3 is 2.38 bits per heavy atom. The third-order valence-electron chi connectivity index (χ3n) is 7.55. The molecule has 2 amide bonds. The first-order valence-electron chi connectivity index (χ1n) is 14.2. The van der Waals surface area contributed by atoms with E-state index in [-0.39, 0.29) is 49.1 Å². The molecule has 9 heteroatoms. The Bertz CT molecular complexity index is 1690. The van der Waals surface area contributed by atoms with Gasteiger partial charge in [0.2, 0.25) is 11.8 Å². The molecular weight excluding hydrogens is 553 g/mol. The van der Waals surface area contributed by atoms with Crippen LogP contribution in [-0.2, 0) is 32.6 Å². The van der Waals surface area contributed by atoms with Crippen LogP contribution >= 0.6 is 0 Å². The van der Waals surface area contributed by atoms with Crippen LogP contribution in [0.15, 0.2) is 95.9 Å². The average molecular weight is 588 g/mol. The van der Waals surface area contributed by atoms with E-state index in [4.69, 9.17) is 0 Å². The fourth-order valence-electron chi connectivity index (χ4n) is 5.45. The number of hydrogen-bond acceptors (Lipinski definition) is 4. The van der Waals surface area contributed by atoms with Crippen LogP contribution in [0.5, 0.6) is 0 Å². The minimum absolute atomic E-state index is 0.0147. The first-order chi connectivity index (χ1) is 20.3. The van der Waals surface area contributed by atoms with E-state index in [1.165, 1.54) is 15.3 Å². The minimum Gasteiger partial charge on any atom is -0.354 e. The van der Waals surface area contributed by atoms with Gasteiger partial charge in [-0.15, -0.1) is 0 Å². The molecule has 0 bridgehead atoms. The Hall–Kier alpha value is -4.24. The molecule has 1 atom stereocenters. The highest BCUT2D eigenvalue weighted by Gasteiger charge is 2.36. The maximum absolute atomic E-state index is 14.8. The molecule has 5 rings (SSSR count). The predicted molar refractivity (Wildman–Crippen MR) is 162 cm³/mol. The molecule has 0 aromatic heterocycles. The molecule has 0 unspecified atom stereocenters. The molecule has 0 spiro atoms. The van der Waals surface area contributed by atoms with Crippen molar-refractivity contribution in [3.05, 3.63) is 108 Å². The second-order valence-corrected chi connectivity index (χ2v) is 12.3. The molecule has 4 aromatic rings. The zero-order valence-corrected chi connectivity index (χ0v) is 24.3. The van der Waals surface area contributed by atoms with Gasteiger partial charge in [0, 0.05) is 43.4 Å². The summed E-state index contributed by atoms with van der Waals surface area (Å²) in [5, 5.41) is 4.43. The van der Waals surface area contributed by atoms with Crippen LogP contribution in [0.2, 0.25) is 0 Å². The van der Waals surface area contributed by atoms with Gasteiger partial charge >= 0.3 is 0 Å². The Labute approximate surface area is 246 Å². The Morgan fingerprint density at radius 1 is 0.929 bits per heavy atom. The normalized spacial score (nSPS) is 14.1. The van der Waals surface area contributed by atoms with E-state index in [2.05, 4.69) is 5.32 Å². The van der Waals surface area contributed by atoms with Crippen LogP contribution in [0.4, 0.5) is 10.1 Å². The number of carbonyl (C=O) groups is 2. The van der Waals surface area contributed by atoms with Crippen molar-refractivity contribution in [3.8, 4) is 0 Å². The van der Waals surface area contributed by atoms with E-state index in [9.17, 15) is 22.4 Å². The predicted octanol–water partition coefficient (Wildman–Crippen LogP) is 5.43. The zero-order valence-electron chi connectivity index (χ0n) is 23.5. The Morgan fingerprint density at radius 2 is 1.64 bits per heavy atom. The quantitative estimate of drug-likeness (QED) is 0.239. The van der Waals surface area contributed by atoms with E-state index in [0.29, 0.717) is 23.2 Å². The van der Waals surface area contributed by atoms with E-state index >= 15 is 0 Å². The van der Waals surface area contributed by atoms with Gasteiger partial charge in [-0.25, -0.2) is 12.8 Å². The highest BCUT2D eigenvalue weighted by molar-refractivity contribution is 7.93. The molecule has 0 saturated heterocycles. The molecule has 4 aromatic carbocycles. The van der Waals surface area contributed by atoms with Crippen LogP contribution in [0.1, 0.15) is 37.3 Å². The van der Waals surface area contributed by atoms with Crippen LogP contribution in [0.3, 0.4) is 0 Å². The van der Waals surface area contributed by atoms with Gasteiger partial charge in [-0.3, -0.25) is 13.9 Å². The van der Waals surface area contributed by atoms with Crippen LogP contribution < -0.4 is 9.62 Å². The SMILES string of the molecule is CCCNC(=O)[C@@H](Cc1ccccc1)N(Cc1ccccc1F)C(=O)CCCN1c2cccc3cccc(c23)S1(=O)=O. The number of nitrogens with zero attached hydrogens (tertiary/aromatic N) is 2. The lowest BCUT2D eigenvalue weighted by Gasteiger charge is -2.32. The summed E-state index contributed by atoms with van der Waals surface area (Å²) in [6.45, 7) is 2.40. The maximum Gasteiger partial charge on any atom is 0.265 e. The Kier molecular flexibility index (Phi) is 8.87. The fourth-order valence-corrected chi connectivity index (χ4v) is 7.20. The van der Waals surface area contributed by atoms with Gasteiger partial charge in [-0.05, 0) is 42.0 Å². The van der Waals surface area contributed by atoms with Gasteiger partial charge in [0.1, 0.15) is 11.9 Å². The highest BCUT2D eigenvalue weighted by atomic mass is 32.2. The van der Waals surface area contributed by atoms with Crippen molar-refractivity contribution in [3.63, 3.8) is 0 Å². The molecule has 0 radical (unpaired) electrons. The molecule has 0 saturated carbocycles. The molecule has 218 valence electrons. The molecule has 1 heterocycles. The minimum atomic E-state index is -3.76. The van der Waals surface area contributed by atoms with Crippen LogP contribution in [0.25, 0.3) is 10.8 Å². The molecular formula is C33H34FN3O4S. The molecule has 0 aliphatic carbocycles. The van der Waals surface area contributed by atoms with E-state index in [1.807, 2.05) is 55.5 Å². The van der Waals surface area contributed by atoms with Gasteiger partial charge in [0.05, 0.1) is 10.6 Å². The first kappa shape index (κ1) is 29.3. The standard InChI is InChI=1S/C33H34FN3O4S/c1-2-20-35-33(39)29(22-24-11-4-3-5-12-24)36(23-26-13-6-7-16-27(26)34)31(38)19-10-21-37-28-17-8-14-25-15-9-18-30(32(25)28)42(37,40)41/h3-9,11-18,29H,2,10,19-23H2,1H3,(H,35,39)/t29-/m1/s1. The summed E-state index contributed by atoms with van der Waals surface area (Å²) in [5.41, 5.74) is 1.77. The molecule has 0 fully saturated rings. The summed E-state index contributed by atoms with van der Waals surface area (Å²) in [6.07, 6.45) is 1.20. The van der Waals surface area contributed by atoms with Crippen molar-refractivity contribution in [1.29, 1.82) is 0 Å². The van der Waals surface area contributed by atoms with E-state index in [1.54, 1.807) is 36.4 Å². The van der Waals surface area contributed by atoms with Crippen LogP contribution in [-0.4, -0.2) is 44.3 Å². The van der Waals surface area contributed by atoms with Gasteiger partial charge in [-0.1, -0.05) is 79.7 Å². The summed E-state index contributed by atoms with van der Waals surface area (Å²) in [6, 6.07) is 25.4. The van der Waals surface area contributed by atoms with Crippen LogP contribution in [0, 0.1) is 5.82 Å². The number of halogens is 1. The van der Waals surface area contributed by atoms with E-state index < -0.39 is 21.9 Å². The summed E-state index contributed by atoms with van der Waals surface area (Å²) in [7, 11) is -3.76. The monoisotopic (exact) mass is 587 g/mol. The summed E-state index contributed by atoms with van der Waals surface area (Å²) in [5.74, 6) is -1.12. The number of rotatable bonds is 12. The molecule has 42 heavy (non-hydrogen) atoms. The summed E-state index contributed by atoms with van der Waals surface area (Å²) < 4.78 is 42.9. The third-order valence-corrected chi connectivity index (χ3v) is 9.41. The van der Waals surface area contributed by atoms with Crippen molar-refractivity contribution in [2.75, 3.05) is 17.4 Å². The van der Waals surface area contributed by atoms with Crippen molar-refractivity contribution in [1.82, 2.24) is 10.2 Å². The van der Waals surface area contributed by atoms with E-state index in [0.717, 1.165) is 17.4 Å². The number of carbonyl (C=O) groups excluding carboxylic acids is 2. The summed E-state index contributed by atoms with van der Waals surface area (Å²) >= 11 is 0. The Balaban J connectivity index is 1.39. The van der Waals surface area contributed by atoms with Crippen molar-refractivity contribution in [2.45, 2.75) is 50.1 Å². The molecule has 1 N–H and O–H groups in total. The third kappa shape index (κ3) is 6.01. The largest absolute Gasteiger partial charge is 0.354 e. The zero-order chi connectivity index (χ0) is 29.7. The van der Waals surface area contributed by atoms with Crippen molar-refractivity contribution in [2.24, 2.45) is 0 Å². The number of anilines is 1. The topological polar surface area (TPSA) is 86.8 Å². The van der Waals surface area contributed by atoms with Gasteiger partial charge in [-0.2, -0.15) is 0 Å². The van der Waals surface area contributed by atoms with Gasteiger partial charge in [0.15, 0.2) is 0 Å². The number of hydrogen-bond donors (Lipinski definition) is 1. The first-order valence-corrected chi connectivity index (χ1v) is 15.6. The number of nitrogens with one attached hydrogen (secondary N) is 1. The average Bonchev–Trinajstić information content (AvgIpc) is 3.22. The van der Waals surface area contributed by atoms with Crippen molar-refractivity contribution >= 4 is 38.3 Å². The number of benzene rings is 4. The highest BCUT2D eigenvalue weighted by Crippen LogP contribution is 2.42. The number of amides is 2. The molecule has 7 nitrogen and oxygen atoms in total. The van der Waals surface area contributed by atoms with Gasteiger partial charge in [0.25, 0.3) is 10.0 Å². The second kappa shape index (κ2) is 12.7. The smallest absolute Gasteiger partial charge is 0.265 e. The lowest BCUT2D eigenvalue weighted by molar-refractivity contribution is -0.141. The fraction of sp³-hybridized carbons (Fsp3) is 0.273. The van der Waals surface area contributed by atoms with Crippen molar-refractivity contribution < 1.29 is 22.4 Å². The molecule has 1 aliphatic heterocycles. The lowest BCUT2D eigenvalue weighted by atomic mass is 10.0. The number of sulfonamides is 1. The maximum atomic E-state index is 14.8. The summed E-state index contributed by atoms with van der Waals surface area (Å²) in [4.78, 5) is 29.0. The lowest BCUT2D eigenvalue weighted by Crippen LogP contribution is -2.50.